The van der Waals surface area contributed by atoms with Crippen molar-refractivity contribution in [3.05, 3.63) is 35.4 Å². The number of benzene rings is 1. The molecule has 3 N–H and O–H groups in total. The van der Waals surface area contributed by atoms with Gasteiger partial charge < -0.3 is 0 Å². The molecule has 19 heavy (non-hydrogen) atoms. The zero-order valence-electron chi connectivity index (χ0n) is 12.4. The van der Waals surface area contributed by atoms with Gasteiger partial charge in [-0.25, -0.2) is 0 Å². The standard InChI is InChI=1S/C16H27N3/c1-4-16(3,19-11-7-8-12-19)15(18-17)14-10-6-5-9-13(14)2/h5-6,9-10,15,18H,4,7-8,11-12,17H2,1-3H3. The van der Waals surface area contributed by atoms with Gasteiger partial charge in [0.1, 0.15) is 0 Å². The van der Waals surface area contributed by atoms with E-state index in [-0.39, 0.29) is 11.6 Å². The molecular formula is C16H27N3. The molecule has 0 aliphatic carbocycles. The molecule has 0 saturated carbocycles. The third-order valence-electron chi connectivity index (χ3n) is 4.83. The summed E-state index contributed by atoms with van der Waals surface area (Å²) in [7, 11) is 0. The van der Waals surface area contributed by atoms with Gasteiger partial charge in [0.2, 0.25) is 0 Å². The van der Waals surface area contributed by atoms with Crippen molar-refractivity contribution in [2.24, 2.45) is 5.84 Å². The molecule has 2 rings (SSSR count). The smallest absolute Gasteiger partial charge is 0.0643 e. The molecule has 0 aromatic heterocycles. The molecule has 3 heteroatoms. The van der Waals surface area contributed by atoms with Crippen LogP contribution in [-0.4, -0.2) is 23.5 Å². The van der Waals surface area contributed by atoms with E-state index in [9.17, 15) is 0 Å². The summed E-state index contributed by atoms with van der Waals surface area (Å²) in [5.41, 5.74) is 5.80. The summed E-state index contributed by atoms with van der Waals surface area (Å²) in [6.45, 7) is 9.15. The lowest BCUT2D eigenvalue weighted by Crippen LogP contribution is -2.55. The minimum Gasteiger partial charge on any atom is -0.296 e. The quantitative estimate of drug-likeness (QED) is 0.632. The first-order valence-electron chi connectivity index (χ1n) is 7.40. The van der Waals surface area contributed by atoms with E-state index in [4.69, 9.17) is 5.84 Å². The largest absolute Gasteiger partial charge is 0.296 e. The summed E-state index contributed by atoms with van der Waals surface area (Å²) in [4.78, 5) is 2.60. The van der Waals surface area contributed by atoms with Crippen molar-refractivity contribution in [3.8, 4) is 0 Å². The monoisotopic (exact) mass is 261 g/mol. The summed E-state index contributed by atoms with van der Waals surface area (Å²) >= 11 is 0. The Morgan fingerprint density at radius 1 is 1.32 bits per heavy atom. The molecule has 1 fully saturated rings. The van der Waals surface area contributed by atoms with Gasteiger partial charge in [-0.15, -0.1) is 0 Å². The van der Waals surface area contributed by atoms with Crippen LogP contribution < -0.4 is 11.3 Å². The third kappa shape index (κ3) is 2.69. The predicted molar refractivity (Wildman–Crippen MR) is 80.7 cm³/mol. The molecule has 1 aliphatic rings. The number of likely N-dealkylation sites (tertiary alicyclic amines) is 1. The second-order valence-electron chi connectivity index (χ2n) is 5.86. The Labute approximate surface area is 117 Å². The molecule has 0 bridgehead atoms. The van der Waals surface area contributed by atoms with Crippen LogP contribution in [0.1, 0.15) is 50.3 Å². The number of nitrogens with one attached hydrogen (secondary N) is 1. The number of hydrogen-bond acceptors (Lipinski definition) is 3. The van der Waals surface area contributed by atoms with Gasteiger partial charge in [0.25, 0.3) is 0 Å². The summed E-state index contributed by atoms with van der Waals surface area (Å²) < 4.78 is 0. The highest BCUT2D eigenvalue weighted by Crippen LogP contribution is 2.37. The number of nitrogens with zero attached hydrogens (tertiary/aromatic N) is 1. The molecule has 3 nitrogen and oxygen atoms in total. The average molecular weight is 261 g/mol. The molecular weight excluding hydrogens is 234 g/mol. The Bertz CT molecular complexity index is 412. The van der Waals surface area contributed by atoms with Crippen LogP contribution in [0.15, 0.2) is 24.3 Å². The van der Waals surface area contributed by atoms with Crippen molar-refractivity contribution < 1.29 is 0 Å². The molecule has 1 aliphatic heterocycles. The van der Waals surface area contributed by atoms with Crippen molar-refractivity contribution in [1.82, 2.24) is 10.3 Å². The van der Waals surface area contributed by atoms with Gasteiger partial charge in [-0.1, -0.05) is 31.2 Å². The number of hydrazine groups is 1. The molecule has 2 unspecified atom stereocenters. The maximum Gasteiger partial charge on any atom is 0.0643 e. The molecule has 0 amide bonds. The molecule has 2 atom stereocenters. The summed E-state index contributed by atoms with van der Waals surface area (Å²) in [6, 6.07) is 8.73. The minimum absolute atomic E-state index is 0.0807. The van der Waals surface area contributed by atoms with Crippen LogP contribution in [-0.2, 0) is 0 Å². The van der Waals surface area contributed by atoms with E-state index in [1.54, 1.807) is 0 Å². The number of aryl methyl sites for hydroxylation is 1. The van der Waals surface area contributed by atoms with Crippen molar-refractivity contribution in [2.45, 2.75) is 51.6 Å². The van der Waals surface area contributed by atoms with Crippen LogP contribution in [0.2, 0.25) is 0 Å². The SMILES string of the molecule is CCC(C)(C(NN)c1ccccc1C)N1CCCC1. The van der Waals surface area contributed by atoms with E-state index in [0.29, 0.717) is 0 Å². The van der Waals surface area contributed by atoms with Gasteiger partial charge in [0, 0.05) is 5.54 Å². The number of nitrogens with two attached hydrogens (primary N) is 1. The van der Waals surface area contributed by atoms with E-state index < -0.39 is 0 Å². The molecule has 0 radical (unpaired) electrons. The maximum atomic E-state index is 5.93. The Hall–Kier alpha value is -0.900. The first-order valence-corrected chi connectivity index (χ1v) is 7.40. The van der Waals surface area contributed by atoms with Crippen molar-refractivity contribution >= 4 is 0 Å². The fraction of sp³-hybridized carbons (Fsp3) is 0.625. The first-order chi connectivity index (χ1) is 9.13. The molecule has 106 valence electrons. The van der Waals surface area contributed by atoms with E-state index in [1.165, 1.54) is 37.1 Å². The Balaban J connectivity index is 2.35. The van der Waals surface area contributed by atoms with E-state index in [0.717, 1.165) is 6.42 Å². The van der Waals surface area contributed by atoms with Gasteiger partial charge >= 0.3 is 0 Å². The lowest BCUT2D eigenvalue weighted by atomic mass is 9.82. The molecule has 0 spiro atoms. The molecule has 1 aromatic rings. The normalized spacial score (nSPS) is 21.3. The highest BCUT2D eigenvalue weighted by atomic mass is 15.3. The minimum atomic E-state index is 0.0807. The highest BCUT2D eigenvalue weighted by molar-refractivity contribution is 5.31. The van der Waals surface area contributed by atoms with Crippen LogP contribution in [0.25, 0.3) is 0 Å². The second kappa shape index (κ2) is 6.04. The average Bonchev–Trinajstić information content (AvgIpc) is 2.96. The van der Waals surface area contributed by atoms with E-state index >= 15 is 0 Å². The number of rotatable bonds is 5. The fourth-order valence-corrected chi connectivity index (χ4v) is 3.35. The van der Waals surface area contributed by atoms with Gasteiger partial charge in [-0.05, 0) is 57.3 Å². The Morgan fingerprint density at radius 3 is 2.47 bits per heavy atom. The Morgan fingerprint density at radius 2 is 1.95 bits per heavy atom. The summed E-state index contributed by atoms with van der Waals surface area (Å²) in [5.74, 6) is 5.93. The lowest BCUT2D eigenvalue weighted by molar-refractivity contribution is 0.0837. The second-order valence-corrected chi connectivity index (χ2v) is 5.86. The highest BCUT2D eigenvalue weighted by Gasteiger charge is 2.40. The van der Waals surface area contributed by atoms with Crippen LogP contribution in [0.3, 0.4) is 0 Å². The summed E-state index contributed by atoms with van der Waals surface area (Å²) in [6.07, 6.45) is 3.71. The van der Waals surface area contributed by atoms with Crippen molar-refractivity contribution in [3.63, 3.8) is 0 Å². The predicted octanol–water partition coefficient (Wildman–Crippen LogP) is 2.76. The fourth-order valence-electron chi connectivity index (χ4n) is 3.35. The van der Waals surface area contributed by atoms with Crippen LogP contribution in [0.4, 0.5) is 0 Å². The topological polar surface area (TPSA) is 41.3 Å². The van der Waals surface area contributed by atoms with E-state index in [2.05, 4.69) is 55.4 Å². The van der Waals surface area contributed by atoms with Crippen LogP contribution in [0, 0.1) is 6.92 Å². The molecule has 1 saturated heterocycles. The van der Waals surface area contributed by atoms with Gasteiger partial charge in [0.15, 0.2) is 0 Å². The van der Waals surface area contributed by atoms with Crippen molar-refractivity contribution in [1.29, 1.82) is 0 Å². The van der Waals surface area contributed by atoms with E-state index in [1.807, 2.05) is 0 Å². The van der Waals surface area contributed by atoms with Crippen molar-refractivity contribution in [2.75, 3.05) is 13.1 Å². The Kier molecular flexibility index (Phi) is 4.61. The number of hydrogen-bond donors (Lipinski definition) is 2. The zero-order chi connectivity index (χ0) is 13.9. The zero-order valence-corrected chi connectivity index (χ0v) is 12.4. The van der Waals surface area contributed by atoms with Gasteiger partial charge in [0.05, 0.1) is 6.04 Å². The third-order valence-corrected chi connectivity index (χ3v) is 4.83. The molecule has 1 heterocycles. The van der Waals surface area contributed by atoms with Gasteiger partial charge in [-0.3, -0.25) is 16.2 Å². The lowest BCUT2D eigenvalue weighted by Gasteiger charge is -2.44. The van der Waals surface area contributed by atoms with Crippen LogP contribution in [0.5, 0.6) is 0 Å². The molecule has 1 aromatic carbocycles. The van der Waals surface area contributed by atoms with Gasteiger partial charge in [-0.2, -0.15) is 0 Å². The summed E-state index contributed by atoms with van der Waals surface area (Å²) in [5, 5.41) is 0. The van der Waals surface area contributed by atoms with Crippen LogP contribution >= 0.6 is 0 Å². The maximum absolute atomic E-state index is 5.93. The first kappa shape index (κ1) is 14.5.